The Morgan fingerprint density at radius 3 is 2.44 bits per heavy atom. The first kappa shape index (κ1) is 24.4. The molecule has 1 saturated heterocycles. The van der Waals surface area contributed by atoms with E-state index in [1.165, 1.54) is 16.2 Å². The Morgan fingerprint density at radius 2 is 1.81 bits per heavy atom. The van der Waals surface area contributed by atoms with Crippen molar-refractivity contribution in [2.45, 2.75) is 33.1 Å². The van der Waals surface area contributed by atoms with E-state index in [1.807, 2.05) is 0 Å². The van der Waals surface area contributed by atoms with Gasteiger partial charge in [-0.1, -0.05) is 13.0 Å². The zero-order chi connectivity index (χ0) is 23.1. The fourth-order valence-corrected chi connectivity index (χ4v) is 5.59. The summed E-state index contributed by atoms with van der Waals surface area (Å²) in [6.45, 7) is 11.9. The van der Waals surface area contributed by atoms with Crippen LogP contribution in [0.1, 0.15) is 41.1 Å². The second kappa shape index (κ2) is 11.6. The van der Waals surface area contributed by atoms with E-state index in [4.69, 9.17) is 4.74 Å². The van der Waals surface area contributed by atoms with Crippen LogP contribution >= 0.6 is 11.3 Å². The molecule has 1 aliphatic carbocycles. The van der Waals surface area contributed by atoms with Gasteiger partial charge in [0, 0.05) is 37.6 Å². The molecule has 176 valence electrons. The largest absolute Gasteiger partial charge is 0.462 e. The normalized spacial score (nSPS) is 19.1. The van der Waals surface area contributed by atoms with E-state index in [9.17, 15) is 14.4 Å². The highest BCUT2D eigenvalue weighted by atomic mass is 32.1. The van der Waals surface area contributed by atoms with Crippen LogP contribution in [-0.2, 0) is 27.2 Å². The first-order chi connectivity index (χ1) is 15.4. The molecule has 0 radical (unpaired) electrons. The molecule has 1 aromatic heterocycles. The first-order valence-electron chi connectivity index (χ1n) is 11.3. The molecule has 1 unspecified atom stereocenters. The molecule has 1 atom stereocenters. The number of carbonyl (C=O) groups is 3. The molecule has 9 heteroatoms. The first-order valence-corrected chi connectivity index (χ1v) is 12.2. The van der Waals surface area contributed by atoms with Crippen molar-refractivity contribution in [3.05, 3.63) is 28.7 Å². The number of ether oxygens (including phenoxy) is 1. The third-order valence-electron chi connectivity index (χ3n) is 5.89. The number of nitrogens with zero attached hydrogens (tertiary/aromatic N) is 2. The van der Waals surface area contributed by atoms with Crippen LogP contribution in [0.15, 0.2) is 12.7 Å². The Kier molecular flexibility index (Phi) is 8.84. The summed E-state index contributed by atoms with van der Waals surface area (Å²) in [6, 6.07) is 0. The molecule has 2 amide bonds. The highest BCUT2D eigenvalue weighted by Gasteiger charge is 2.29. The lowest BCUT2D eigenvalue weighted by atomic mass is 9.88. The van der Waals surface area contributed by atoms with E-state index in [-0.39, 0.29) is 24.3 Å². The van der Waals surface area contributed by atoms with E-state index >= 15 is 0 Å². The lowest BCUT2D eigenvalue weighted by molar-refractivity contribution is -0.123. The van der Waals surface area contributed by atoms with Gasteiger partial charge in [-0.15, -0.1) is 17.9 Å². The molecule has 1 aliphatic heterocycles. The lowest BCUT2D eigenvalue weighted by Crippen LogP contribution is -2.51. The molecule has 2 aliphatic rings. The third-order valence-corrected chi connectivity index (χ3v) is 7.06. The SMILES string of the molecule is C=CCNC(=O)CN1CCN(CC(=O)Nc2sc3c(c2C(=O)OCC)CCC(C)C3)CC1. The molecule has 1 aromatic rings. The fourth-order valence-electron chi connectivity index (χ4n) is 4.18. The van der Waals surface area contributed by atoms with Crippen LogP contribution < -0.4 is 10.6 Å². The van der Waals surface area contributed by atoms with Crippen LogP contribution in [0.3, 0.4) is 0 Å². The molecular weight excluding hydrogens is 428 g/mol. The van der Waals surface area contributed by atoms with Gasteiger partial charge in [0.15, 0.2) is 0 Å². The summed E-state index contributed by atoms with van der Waals surface area (Å²) in [6.07, 6.45) is 4.48. The fraction of sp³-hybridized carbons (Fsp3) is 0.609. The standard InChI is InChI=1S/C23H34N4O4S/c1-4-8-24-19(28)14-26-9-11-27(12-10-26)15-20(29)25-22-21(23(30)31-5-2)17-7-6-16(3)13-18(17)32-22/h4,16H,1,5-15H2,2-3H3,(H,24,28)(H,25,29). The summed E-state index contributed by atoms with van der Waals surface area (Å²) >= 11 is 1.51. The van der Waals surface area contributed by atoms with Gasteiger partial charge in [-0.05, 0) is 37.7 Å². The molecule has 0 bridgehead atoms. The van der Waals surface area contributed by atoms with Crippen molar-refractivity contribution in [1.29, 1.82) is 0 Å². The molecule has 0 spiro atoms. The molecule has 0 aromatic carbocycles. The Hall–Kier alpha value is -2.23. The lowest BCUT2D eigenvalue weighted by Gasteiger charge is -2.33. The monoisotopic (exact) mass is 462 g/mol. The average Bonchev–Trinajstić information content (AvgIpc) is 3.10. The molecule has 3 rings (SSSR count). The minimum Gasteiger partial charge on any atom is -0.462 e. The topological polar surface area (TPSA) is 91.0 Å². The minimum atomic E-state index is -0.349. The summed E-state index contributed by atoms with van der Waals surface area (Å²) in [4.78, 5) is 42.6. The molecule has 0 saturated carbocycles. The number of hydrogen-bond donors (Lipinski definition) is 2. The van der Waals surface area contributed by atoms with Gasteiger partial charge >= 0.3 is 5.97 Å². The maximum atomic E-state index is 12.8. The van der Waals surface area contributed by atoms with Gasteiger partial charge < -0.3 is 15.4 Å². The van der Waals surface area contributed by atoms with Crippen molar-refractivity contribution < 1.29 is 19.1 Å². The van der Waals surface area contributed by atoms with Gasteiger partial charge in [0.25, 0.3) is 0 Å². The van der Waals surface area contributed by atoms with Gasteiger partial charge in [-0.3, -0.25) is 19.4 Å². The van der Waals surface area contributed by atoms with Gasteiger partial charge in [-0.2, -0.15) is 0 Å². The Balaban J connectivity index is 1.56. The van der Waals surface area contributed by atoms with Crippen molar-refractivity contribution in [2.24, 2.45) is 5.92 Å². The van der Waals surface area contributed by atoms with Crippen molar-refractivity contribution >= 4 is 34.1 Å². The van der Waals surface area contributed by atoms with Crippen LogP contribution in [0.25, 0.3) is 0 Å². The molecule has 2 N–H and O–H groups in total. The van der Waals surface area contributed by atoms with Crippen LogP contribution in [0.4, 0.5) is 5.00 Å². The average molecular weight is 463 g/mol. The van der Waals surface area contributed by atoms with Gasteiger partial charge in [0.1, 0.15) is 5.00 Å². The van der Waals surface area contributed by atoms with E-state index in [1.54, 1.807) is 13.0 Å². The maximum Gasteiger partial charge on any atom is 0.341 e. The van der Waals surface area contributed by atoms with E-state index in [0.717, 1.165) is 37.9 Å². The van der Waals surface area contributed by atoms with Crippen LogP contribution in [0, 0.1) is 5.92 Å². The summed E-state index contributed by atoms with van der Waals surface area (Å²) in [5.74, 6) is 0.0889. The van der Waals surface area contributed by atoms with Crippen molar-refractivity contribution in [2.75, 3.05) is 57.7 Å². The highest BCUT2D eigenvalue weighted by Crippen LogP contribution is 2.40. The van der Waals surface area contributed by atoms with Crippen LogP contribution in [-0.4, -0.2) is 80.0 Å². The quantitative estimate of drug-likeness (QED) is 0.430. The van der Waals surface area contributed by atoms with Crippen molar-refractivity contribution in [3.63, 3.8) is 0 Å². The highest BCUT2D eigenvalue weighted by molar-refractivity contribution is 7.17. The van der Waals surface area contributed by atoms with Crippen LogP contribution in [0.2, 0.25) is 0 Å². The number of esters is 1. The Bertz CT molecular complexity index is 845. The zero-order valence-electron chi connectivity index (χ0n) is 19.1. The van der Waals surface area contributed by atoms with Crippen LogP contribution in [0.5, 0.6) is 0 Å². The maximum absolute atomic E-state index is 12.8. The summed E-state index contributed by atoms with van der Waals surface area (Å²) in [7, 11) is 0. The number of nitrogens with one attached hydrogen (secondary N) is 2. The number of amides is 2. The predicted molar refractivity (Wildman–Crippen MR) is 126 cm³/mol. The van der Waals surface area contributed by atoms with Crippen molar-refractivity contribution in [3.8, 4) is 0 Å². The Morgan fingerprint density at radius 1 is 1.16 bits per heavy atom. The second-order valence-corrected chi connectivity index (χ2v) is 9.57. The number of fused-ring (bicyclic) bond motifs is 1. The number of piperazine rings is 1. The van der Waals surface area contributed by atoms with E-state index in [0.29, 0.717) is 49.3 Å². The van der Waals surface area contributed by atoms with E-state index < -0.39 is 0 Å². The zero-order valence-corrected chi connectivity index (χ0v) is 19.9. The van der Waals surface area contributed by atoms with Gasteiger partial charge in [-0.25, -0.2) is 4.79 Å². The number of thiophene rings is 1. The molecule has 8 nitrogen and oxygen atoms in total. The van der Waals surface area contributed by atoms with Crippen molar-refractivity contribution in [1.82, 2.24) is 15.1 Å². The summed E-state index contributed by atoms with van der Waals surface area (Å²) < 4.78 is 5.28. The van der Waals surface area contributed by atoms with Gasteiger partial charge in [0.05, 0.1) is 25.3 Å². The number of rotatable bonds is 9. The third kappa shape index (κ3) is 6.40. The van der Waals surface area contributed by atoms with Gasteiger partial charge in [0.2, 0.25) is 11.8 Å². The second-order valence-electron chi connectivity index (χ2n) is 8.47. The summed E-state index contributed by atoms with van der Waals surface area (Å²) in [5, 5.41) is 6.39. The molecular formula is C23H34N4O4S. The molecule has 32 heavy (non-hydrogen) atoms. The number of anilines is 1. The number of carbonyl (C=O) groups excluding carboxylic acids is 3. The smallest absolute Gasteiger partial charge is 0.341 e. The Labute approximate surface area is 194 Å². The predicted octanol–water partition coefficient (Wildman–Crippen LogP) is 1.91. The minimum absolute atomic E-state index is 0.0152. The van der Waals surface area contributed by atoms with E-state index in [2.05, 4.69) is 33.9 Å². The molecule has 1 fully saturated rings. The molecule has 2 heterocycles. The summed E-state index contributed by atoms with van der Waals surface area (Å²) in [5.41, 5.74) is 1.59. The number of hydrogen-bond acceptors (Lipinski definition) is 7.